The predicted molar refractivity (Wildman–Crippen MR) is 67.2 cm³/mol. The minimum atomic E-state index is -0.409. The molecule has 1 aliphatic heterocycles. The van der Waals surface area contributed by atoms with Crippen LogP contribution in [0.4, 0.5) is 4.79 Å². The number of carbonyl (C=O) groups excluding carboxylic acids is 1. The molecule has 1 aromatic carbocycles. The molecule has 5 heteroatoms. The fraction of sp³-hybridized carbons (Fsp3) is 0.462. The molecule has 0 unspecified atom stereocenters. The molecule has 0 saturated carbocycles. The van der Waals surface area contributed by atoms with E-state index in [0.717, 1.165) is 18.7 Å². The van der Waals surface area contributed by atoms with Crippen LogP contribution in [0.2, 0.25) is 0 Å². The lowest BCUT2D eigenvalue weighted by Gasteiger charge is -2.23. The summed E-state index contributed by atoms with van der Waals surface area (Å²) in [6.45, 7) is 3.08. The summed E-state index contributed by atoms with van der Waals surface area (Å²) >= 11 is 0. The topological polar surface area (TPSA) is 59.6 Å². The molecule has 18 heavy (non-hydrogen) atoms. The normalized spacial score (nSPS) is 19.2. The molecule has 0 bridgehead atoms. The van der Waals surface area contributed by atoms with E-state index < -0.39 is 6.09 Å². The number of morpholine rings is 1. The number of hydrogen-bond donors (Lipinski definition) is 2. The van der Waals surface area contributed by atoms with Crippen LogP contribution in [0.15, 0.2) is 30.3 Å². The standard InChI is InChI=1S/C13H18N2O3/c16-13(15-9-12-8-14-6-7-17-12)18-10-11-4-2-1-3-5-11/h1-5,12,14H,6-10H2,(H,15,16)/t12-/m0/s1. The first kappa shape index (κ1) is 12.9. The SMILES string of the molecule is O=C(NC[C@@H]1CNCCO1)OCc1ccccc1. The number of hydrogen-bond acceptors (Lipinski definition) is 4. The summed E-state index contributed by atoms with van der Waals surface area (Å²) in [4.78, 5) is 11.4. The van der Waals surface area contributed by atoms with Gasteiger partial charge >= 0.3 is 6.09 Å². The zero-order chi connectivity index (χ0) is 12.6. The van der Waals surface area contributed by atoms with Crippen molar-refractivity contribution >= 4 is 6.09 Å². The van der Waals surface area contributed by atoms with Crippen molar-refractivity contribution in [3.8, 4) is 0 Å². The van der Waals surface area contributed by atoms with E-state index in [1.807, 2.05) is 30.3 Å². The fourth-order valence-corrected chi connectivity index (χ4v) is 1.72. The van der Waals surface area contributed by atoms with E-state index in [9.17, 15) is 4.79 Å². The Balaban J connectivity index is 1.63. The maximum atomic E-state index is 11.4. The first-order valence-corrected chi connectivity index (χ1v) is 6.11. The molecule has 0 aromatic heterocycles. The highest BCUT2D eigenvalue weighted by molar-refractivity contribution is 5.67. The molecule has 98 valence electrons. The first-order valence-electron chi connectivity index (χ1n) is 6.11. The zero-order valence-electron chi connectivity index (χ0n) is 10.2. The van der Waals surface area contributed by atoms with Gasteiger partial charge in [-0.3, -0.25) is 0 Å². The van der Waals surface area contributed by atoms with Crippen LogP contribution in [-0.4, -0.2) is 38.4 Å². The van der Waals surface area contributed by atoms with Crippen LogP contribution in [0.25, 0.3) is 0 Å². The zero-order valence-corrected chi connectivity index (χ0v) is 10.2. The van der Waals surface area contributed by atoms with Gasteiger partial charge in [0.2, 0.25) is 0 Å². The summed E-state index contributed by atoms with van der Waals surface area (Å²) in [7, 11) is 0. The molecular weight excluding hydrogens is 232 g/mol. The highest BCUT2D eigenvalue weighted by atomic mass is 16.5. The Bertz CT molecular complexity index is 364. The van der Waals surface area contributed by atoms with Gasteiger partial charge in [0.15, 0.2) is 0 Å². The van der Waals surface area contributed by atoms with Crippen LogP contribution in [-0.2, 0) is 16.1 Å². The molecule has 0 aliphatic carbocycles. The van der Waals surface area contributed by atoms with Crippen molar-refractivity contribution < 1.29 is 14.3 Å². The maximum Gasteiger partial charge on any atom is 0.407 e. The highest BCUT2D eigenvalue weighted by Crippen LogP contribution is 2.00. The number of amides is 1. The summed E-state index contributed by atoms with van der Waals surface area (Å²) in [6, 6.07) is 9.59. The van der Waals surface area contributed by atoms with Gasteiger partial charge in [0.05, 0.1) is 12.7 Å². The molecule has 1 amide bonds. The molecule has 0 spiro atoms. The Hall–Kier alpha value is -1.59. The molecular formula is C13H18N2O3. The van der Waals surface area contributed by atoms with Gasteiger partial charge in [-0.15, -0.1) is 0 Å². The molecule has 1 fully saturated rings. The molecule has 1 aromatic rings. The van der Waals surface area contributed by atoms with Crippen molar-refractivity contribution in [1.29, 1.82) is 0 Å². The second kappa shape index (κ2) is 6.98. The van der Waals surface area contributed by atoms with Crippen molar-refractivity contribution in [2.24, 2.45) is 0 Å². The molecule has 0 radical (unpaired) electrons. The Morgan fingerprint density at radius 1 is 1.44 bits per heavy atom. The fourth-order valence-electron chi connectivity index (χ4n) is 1.72. The van der Waals surface area contributed by atoms with E-state index in [2.05, 4.69) is 10.6 Å². The number of alkyl carbamates (subject to hydrolysis) is 1. The lowest BCUT2D eigenvalue weighted by molar-refractivity contribution is 0.0281. The number of rotatable bonds is 4. The lowest BCUT2D eigenvalue weighted by Crippen LogP contribution is -2.45. The maximum absolute atomic E-state index is 11.4. The minimum absolute atomic E-state index is 0.0306. The lowest BCUT2D eigenvalue weighted by atomic mass is 10.2. The van der Waals surface area contributed by atoms with E-state index in [0.29, 0.717) is 13.2 Å². The molecule has 1 heterocycles. The molecule has 5 nitrogen and oxygen atoms in total. The van der Waals surface area contributed by atoms with E-state index in [1.165, 1.54) is 0 Å². The smallest absolute Gasteiger partial charge is 0.407 e. The van der Waals surface area contributed by atoms with Gasteiger partial charge in [0, 0.05) is 19.6 Å². The van der Waals surface area contributed by atoms with Gasteiger partial charge in [-0.2, -0.15) is 0 Å². The van der Waals surface area contributed by atoms with E-state index in [1.54, 1.807) is 0 Å². The second-order valence-corrected chi connectivity index (χ2v) is 4.14. The van der Waals surface area contributed by atoms with Gasteiger partial charge in [-0.1, -0.05) is 30.3 Å². The number of nitrogens with one attached hydrogen (secondary N) is 2. The monoisotopic (exact) mass is 250 g/mol. The third-order valence-electron chi connectivity index (χ3n) is 2.69. The summed E-state index contributed by atoms with van der Waals surface area (Å²) in [6.07, 6.45) is -0.379. The Morgan fingerprint density at radius 3 is 3.00 bits per heavy atom. The number of ether oxygens (including phenoxy) is 2. The Kier molecular flexibility index (Phi) is 4.99. The first-order chi connectivity index (χ1) is 8.84. The third-order valence-corrected chi connectivity index (χ3v) is 2.69. The van der Waals surface area contributed by atoms with Gasteiger partial charge in [0.1, 0.15) is 6.61 Å². The van der Waals surface area contributed by atoms with Crippen molar-refractivity contribution in [1.82, 2.24) is 10.6 Å². The van der Waals surface area contributed by atoms with Gasteiger partial charge in [0.25, 0.3) is 0 Å². The highest BCUT2D eigenvalue weighted by Gasteiger charge is 2.14. The number of benzene rings is 1. The average Bonchev–Trinajstić information content (AvgIpc) is 2.45. The molecule has 2 rings (SSSR count). The summed E-state index contributed by atoms with van der Waals surface area (Å²) in [5.74, 6) is 0. The van der Waals surface area contributed by atoms with Gasteiger partial charge in [-0.25, -0.2) is 4.79 Å². The largest absolute Gasteiger partial charge is 0.445 e. The van der Waals surface area contributed by atoms with Crippen molar-refractivity contribution in [2.75, 3.05) is 26.2 Å². The van der Waals surface area contributed by atoms with E-state index >= 15 is 0 Å². The minimum Gasteiger partial charge on any atom is -0.445 e. The van der Waals surface area contributed by atoms with E-state index in [4.69, 9.17) is 9.47 Å². The van der Waals surface area contributed by atoms with Crippen LogP contribution >= 0.6 is 0 Å². The van der Waals surface area contributed by atoms with Crippen LogP contribution in [0.5, 0.6) is 0 Å². The quantitative estimate of drug-likeness (QED) is 0.833. The summed E-state index contributed by atoms with van der Waals surface area (Å²) in [5, 5.41) is 5.90. The molecule has 1 aliphatic rings. The second-order valence-electron chi connectivity index (χ2n) is 4.14. The summed E-state index contributed by atoms with van der Waals surface area (Å²) in [5.41, 5.74) is 0.975. The average molecular weight is 250 g/mol. The Labute approximate surface area is 106 Å². The van der Waals surface area contributed by atoms with Crippen LogP contribution in [0.3, 0.4) is 0 Å². The third kappa shape index (κ3) is 4.35. The predicted octanol–water partition coefficient (Wildman–Crippen LogP) is 0.901. The van der Waals surface area contributed by atoms with Crippen LogP contribution in [0.1, 0.15) is 5.56 Å². The number of carbonyl (C=O) groups is 1. The molecule has 1 saturated heterocycles. The summed E-state index contributed by atoms with van der Waals surface area (Å²) < 4.78 is 10.6. The van der Waals surface area contributed by atoms with Crippen molar-refractivity contribution in [3.05, 3.63) is 35.9 Å². The van der Waals surface area contributed by atoms with Crippen molar-refractivity contribution in [3.63, 3.8) is 0 Å². The van der Waals surface area contributed by atoms with Gasteiger partial charge < -0.3 is 20.1 Å². The molecule has 2 N–H and O–H groups in total. The Morgan fingerprint density at radius 2 is 2.28 bits per heavy atom. The van der Waals surface area contributed by atoms with Crippen LogP contribution in [0, 0.1) is 0 Å². The van der Waals surface area contributed by atoms with Crippen molar-refractivity contribution in [2.45, 2.75) is 12.7 Å². The van der Waals surface area contributed by atoms with E-state index in [-0.39, 0.29) is 12.7 Å². The van der Waals surface area contributed by atoms with Gasteiger partial charge in [-0.05, 0) is 5.56 Å². The van der Waals surface area contributed by atoms with Crippen LogP contribution < -0.4 is 10.6 Å². The molecule has 1 atom stereocenters.